The number of hydrogen-bond acceptors (Lipinski definition) is 1. The molecule has 1 aromatic rings. The maximum Gasteiger partial charge on any atom is 0.228 e. The first-order valence-electron chi connectivity index (χ1n) is 6.26. The zero-order valence-electron chi connectivity index (χ0n) is 10.3. The Hall–Kier alpha value is -0.730. The van der Waals surface area contributed by atoms with Crippen LogP contribution < -0.4 is 0 Å². The van der Waals surface area contributed by atoms with Crippen molar-refractivity contribution >= 4 is 29.1 Å². The number of amides is 1. The molecule has 1 aromatic carbocycles. The van der Waals surface area contributed by atoms with Gasteiger partial charge in [0.15, 0.2) is 0 Å². The van der Waals surface area contributed by atoms with E-state index in [1.165, 1.54) is 5.56 Å². The van der Waals surface area contributed by atoms with Gasteiger partial charge in [0.1, 0.15) is 0 Å². The highest BCUT2D eigenvalue weighted by Gasteiger charge is 2.47. The molecule has 1 heterocycles. The number of halogens is 2. The summed E-state index contributed by atoms with van der Waals surface area (Å²) in [5, 5.41) is 1.18. The molecule has 0 spiro atoms. The van der Waals surface area contributed by atoms with Crippen LogP contribution in [0.3, 0.4) is 0 Å². The number of benzene rings is 1. The Bertz CT molecular complexity index is 523. The molecule has 96 valence electrons. The average molecular weight is 284 g/mol. The summed E-state index contributed by atoms with van der Waals surface area (Å²) < 4.78 is 0. The van der Waals surface area contributed by atoms with Crippen LogP contribution in [0, 0.1) is 5.41 Å². The Kier molecular flexibility index (Phi) is 2.83. The van der Waals surface area contributed by atoms with Crippen molar-refractivity contribution in [1.29, 1.82) is 0 Å². The Morgan fingerprint density at radius 1 is 1.33 bits per heavy atom. The number of hydrogen-bond donors (Lipinski definition) is 0. The molecule has 0 bridgehead atoms. The summed E-state index contributed by atoms with van der Waals surface area (Å²) >= 11 is 12.3. The summed E-state index contributed by atoms with van der Waals surface area (Å²) in [5.41, 5.74) is 2.13. The molecule has 0 aromatic heterocycles. The first-order valence-corrected chi connectivity index (χ1v) is 7.02. The van der Waals surface area contributed by atoms with Gasteiger partial charge < -0.3 is 4.90 Å². The van der Waals surface area contributed by atoms with Gasteiger partial charge >= 0.3 is 0 Å². The molecule has 2 nitrogen and oxygen atoms in total. The van der Waals surface area contributed by atoms with Crippen LogP contribution in [0.15, 0.2) is 12.1 Å². The number of rotatable bonds is 1. The summed E-state index contributed by atoms with van der Waals surface area (Å²) in [6.07, 6.45) is 2.89. The van der Waals surface area contributed by atoms with Gasteiger partial charge in [-0.1, -0.05) is 36.2 Å². The van der Waals surface area contributed by atoms with Crippen molar-refractivity contribution in [3.05, 3.63) is 33.3 Å². The Morgan fingerprint density at radius 3 is 2.72 bits per heavy atom. The summed E-state index contributed by atoms with van der Waals surface area (Å²) in [7, 11) is 0. The molecule has 2 aliphatic rings. The number of nitrogens with zero attached hydrogens (tertiary/aromatic N) is 1. The number of carbonyl (C=O) groups is 1. The number of fused-ring (bicyclic) bond motifs is 1. The van der Waals surface area contributed by atoms with Gasteiger partial charge in [0, 0.05) is 18.5 Å². The topological polar surface area (TPSA) is 20.3 Å². The molecular formula is C14H15Cl2NO. The van der Waals surface area contributed by atoms with Crippen LogP contribution in [0.2, 0.25) is 10.0 Å². The van der Waals surface area contributed by atoms with Crippen LogP contribution in [-0.4, -0.2) is 17.4 Å². The van der Waals surface area contributed by atoms with Crippen molar-refractivity contribution in [3.63, 3.8) is 0 Å². The molecule has 0 radical (unpaired) electrons. The first-order chi connectivity index (χ1) is 8.51. The SMILES string of the molecule is CC1(C(=O)N2CCc3ccc(Cl)c(Cl)c3C2)CC1. The lowest BCUT2D eigenvalue weighted by atomic mass is 9.98. The molecule has 3 rings (SSSR count). The van der Waals surface area contributed by atoms with E-state index < -0.39 is 0 Å². The van der Waals surface area contributed by atoms with Crippen LogP contribution in [0.5, 0.6) is 0 Å². The Morgan fingerprint density at radius 2 is 2.06 bits per heavy atom. The van der Waals surface area contributed by atoms with Gasteiger partial charge in [0.05, 0.1) is 10.0 Å². The minimum Gasteiger partial charge on any atom is -0.338 e. The predicted octanol–water partition coefficient (Wildman–Crippen LogP) is 3.68. The largest absolute Gasteiger partial charge is 0.338 e. The highest BCUT2D eigenvalue weighted by molar-refractivity contribution is 6.42. The van der Waals surface area contributed by atoms with Crippen LogP contribution in [0.25, 0.3) is 0 Å². The molecule has 0 atom stereocenters. The molecule has 4 heteroatoms. The quantitative estimate of drug-likeness (QED) is 0.770. The van der Waals surface area contributed by atoms with Gasteiger partial charge in [-0.25, -0.2) is 0 Å². The van der Waals surface area contributed by atoms with E-state index in [1.807, 2.05) is 24.0 Å². The van der Waals surface area contributed by atoms with Gasteiger partial charge in [-0.2, -0.15) is 0 Å². The van der Waals surface area contributed by atoms with E-state index in [0.717, 1.165) is 31.4 Å². The monoisotopic (exact) mass is 283 g/mol. The van der Waals surface area contributed by atoms with Crippen LogP contribution in [-0.2, 0) is 17.8 Å². The normalized spacial score (nSPS) is 20.5. The minimum atomic E-state index is -0.109. The van der Waals surface area contributed by atoms with Crippen LogP contribution >= 0.6 is 23.2 Å². The van der Waals surface area contributed by atoms with Gasteiger partial charge in [-0.15, -0.1) is 0 Å². The highest BCUT2D eigenvalue weighted by atomic mass is 35.5. The van der Waals surface area contributed by atoms with E-state index in [0.29, 0.717) is 16.6 Å². The Balaban J connectivity index is 1.88. The van der Waals surface area contributed by atoms with Gasteiger partial charge in [-0.3, -0.25) is 4.79 Å². The van der Waals surface area contributed by atoms with E-state index in [4.69, 9.17) is 23.2 Å². The lowest BCUT2D eigenvalue weighted by Crippen LogP contribution is -2.39. The van der Waals surface area contributed by atoms with E-state index >= 15 is 0 Å². The summed E-state index contributed by atoms with van der Waals surface area (Å²) in [6, 6.07) is 3.85. The van der Waals surface area contributed by atoms with E-state index in [-0.39, 0.29) is 11.3 Å². The van der Waals surface area contributed by atoms with Crippen molar-refractivity contribution in [2.45, 2.75) is 32.7 Å². The molecule has 18 heavy (non-hydrogen) atoms. The van der Waals surface area contributed by atoms with Crippen molar-refractivity contribution in [2.75, 3.05) is 6.54 Å². The molecule has 0 saturated heterocycles. The number of carbonyl (C=O) groups excluding carboxylic acids is 1. The van der Waals surface area contributed by atoms with Crippen molar-refractivity contribution in [2.24, 2.45) is 5.41 Å². The fourth-order valence-electron chi connectivity index (χ4n) is 2.52. The van der Waals surface area contributed by atoms with E-state index in [2.05, 4.69) is 0 Å². The van der Waals surface area contributed by atoms with Crippen molar-refractivity contribution in [1.82, 2.24) is 4.90 Å². The molecule has 1 aliphatic carbocycles. The van der Waals surface area contributed by atoms with Crippen molar-refractivity contribution in [3.8, 4) is 0 Å². The second-order valence-electron chi connectivity index (χ2n) is 5.54. The smallest absolute Gasteiger partial charge is 0.228 e. The first kappa shape index (κ1) is 12.3. The molecule has 0 unspecified atom stereocenters. The summed E-state index contributed by atoms with van der Waals surface area (Å²) in [6.45, 7) is 3.44. The zero-order chi connectivity index (χ0) is 12.9. The average Bonchev–Trinajstić information content (AvgIpc) is 3.12. The predicted molar refractivity (Wildman–Crippen MR) is 72.9 cm³/mol. The molecule has 1 aliphatic heterocycles. The van der Waals surface area contributed by atoms with Gasteiger partial charge in [-0.05, 0) is 36.5 Å². The third kappa shape index (κ3) is 1.92. The third-order valence-corrected chi connectivity index (χ3v) is 4.94. The fraction of sp³-hybridized carbons (Fsp3) is 0.500. The third-order valence-electron chi connectivity index (χ3n) is 4.10. The minimum absolute atomic E-state index is 0.109. The van der Waals surface area contributed by atoms with E-state index in [1.54, 1.807) is 0 Å². The maximum atomic E-state index is 12.3. The molecule has 1 fully saturated rings. The fourth-order valence-corrected chi connectivity index (χ4v) is 2.94. The molecule has 1 amide bonds. The van der Waals surface area contributed by atoms with Gasteiger partial charge in [0.25, 0.3) is 0 Å². The second-order valence-corrected chi connectivity index (χ2v) is 6.32. The Labute approximate surface area is 117 Å². The van der Waals surface area contributed by atoms with Crippen LogP contribution in [0.4, 0.5) is 0 Å². The standard InChI is InChI=1S/C14H15Cl2NO/c1-14(5-6-14)13(18)17-7-4-9-2-3-11(15)12(16)10(9)8-17/h2-3H,4-8H2,1H3. The second kappa shape index (κ2) is 4.14. The maximum absolute atomic E-state index is 12.3. The highest BCUT2D eigenvalue weighted by Crippen LogP contribution is 2.47. The lowest BCUT2D eigenvalue weighted by Gasteiger charge is -2.31. The lowest BCUT2D eigenvalue weighted by molar-refractivity contribution is -0.137. The van der Waals surface area contributed by atoms with E-state index in [9.17, 15) is 4.79 Å². The van der Waals surface area contributed by atoms with Crippen LogP contribution in [0.1, 0.15) is 30.9 Å². The molecular weight excluding hydrogens is 269 g/mol. The molecule has 0 N–H and O–H groups in total. The van der Waals surface area contributed by atoms with Gasteiger partial charge in [0.2, 0.25) is 5.91 Å². The van der Waals surface area contributed by atoms with Crippen molar-refractivity contribution < 1.29 is 4.79 Å². The zero-order valence-corrected chi connectivity index (χ0v) is 11.8. The molecule has 1 saturated carbocycles. The summed E-state index contributed by atoms with van der Waals surface area (Å²) in [4.78, 5) is 14.3. The summed E-state index contributed by atoms with van der Waals surface area (Å²) in [5.74, 6) is 0.268.